The summed E-state index contributed by atoms with van der Waals surface area (Å²) in [7, 11) is 0. The Bertz CT molecular complexity index is 783. The normalized spacial score (nSPS) is 12.5. The van der Waals surface area contributed by atoms with Gasteiger partial charge in [0.05, 0.1) is 5.38 Å². The zero-order chi connectivity index (χ0) is 14.8. The number of benzene rings is 3. The fourth-order valence-electron chi connectivity index (χ4n) is 2.44. The van der Waals surface area contributed by atoms with E-state index in [1.54, 1.807) is 0 Å². The van der Waals surface area contributed by atoms with E-state index in [1.165, 1.54) is 16.3 Å². The summed E-state index contributed by atoms with van der Waals surface area (Å²) < 4.78 is 0.964. The third-order valence-electron chi connectivity index (χ3n) is 3.53. The number of rotatable bonds is 3. The van der Waals surface area contributed by atoms with Crippen LogP contribution in [0.25, 0.3) is 10.8 Å². The van der Waals surface area contributed by atoms with Crippen LogP contribution in [0.1, 0.15) is 16.5 Å². The lowest BCUT2D eigenvalue weighted by molar-refractivity contribution is 0.921. The Morgan fingerprint density at radius 1 is 0.905 bits per heavy atom. The molecule has 0 fully saturated rings. The SMILES string of the molecule is Clc1cc(Br)ccc1C(Cl)Cc1ccc2ccccc2c1. The van der Waals surface area contributed by atoms with E-state index in [0.29, 0.717) is 5.02 Å². The highest BCUT2D eigenvalue weighted by molar-refractivity contribution is 9.10. The first-order chi connectivity index (χ1) is 10.1. The van der Waals surface area contributed by atoms with Crippen molar-refractivity contribution in [3.8, 4) is 0 Å². The van der Waals surface area contributed by atoms with Crippen molar-refractivity contribution in [3.05, 3.63) is 81.3 Å². The van der Waals surface area contributed by atoms with E-state index in [2.05, 4.69) is 52.3 Å². The van der Waals surface area contributed by atoms with E-state index < -0.39 is 0 Å². The van der Waals surface area contributed by atoms with Gasteiger partial charge in [0.25, 0.3) is 0 Å². The Balaban J connectivity index is 1.87. The first kappa shape index (κ1) is 14.9. The van der Waals surface area contributed by atoms with Gasteiger partial charge in [-0.1, -0.05) is 76.1 Å². The molecule has 0 aromatic heterocycles. The molecule has 1 unspecified atom stereocenters. The zero-order valence-electron chi connectivity index (χ0n) is 11.2. The summed E-state index contributed by atoms with van der Waals surface area (Å²) in [5, 5.41) is 3.05. The molecule has 0 aliphatic rings. The molecule has 21 heavy (non-hydrogen) atoms. The summed E-state index contributed by atoms with van der Waals surface area (Å²) in [4.78, 5) is 0. The van der Waals surface area contributed by atoms with Crippen molar-refractivity contribution in [2.24, 2.45) is 0 Å². The van der Waals surface area contributed by atoms with Crippen molar-refractivity contribution in [1.29, 1.82) is 0 Å². The van der Waals surface area contributed by atoms with E-state index in [1.807, 2.05) is 24.3 Å². The minimum Gasteiger partial charge on any atom is -0.117 e. The summed E-state index contributed by atoms with van der Waals surface area (Å²) >= 11 is 16.2. The number of hydrogen-bond acceptors (Lipinski definition) is 0. The van der Waals surface area contributed by atoms with E-state index >= 15 is 0 Å². The smallest absolute Gasteiger partial charge is 0.0640 e. The molecule has 1 atom stereocenters. The van der Waals surface area contributed by atoms with Crippen molar-refractivity contribution in [2.75, 3.05) is 0 Å². The van der Waals surface area contributed by atoms with Crippen LogP contribution in [0.2, 0.25) is 5.02 Å². The van der Waals surface area contributed by atoms with Gasteiger partial charge in [-0.2, -0.15) is 0 Å². The lowest BCUT2D eigenvalue weighted by Crippen LogP contribution is -1.97. The molecule has 0 aliphatic heterocycles. The maximum atomic E-state index is 6.55. The quantitative estimate of drug-likeness (QED) is 0.440. The molecule has 0 nitrogen and oxygen atoms in total. The third kappa shape index (κ3) is 3.42. The molecule has 0 amide bonds. The fraction of sp³-hybridized carbons (Fsp3) is 0.111. The molecule has 0 N–H and O–H groups in total. The van der Waals surface area contributed by atoms with Gasteiger partial charge in [-0.05, 0) is 40.5 Å². The van der Waals surface area contributed by atoms with Crippen LogP contribution < -0.4 is 0 Å². The van der Waals surface area contributed by atoms with Crippen LogP contribution in [-0.4, -0.2) is 0 Å². The first-order valence-electron chi connectivity index (χ1n) is 6.70. The minimum atomic E-state index is -0.133. The third-order valence-corrected chi connectivity index (χ3v) is 4.74. The van der Waals surface area contributed by atoms with Crippen LogP contribution in [0, 0.1) is 0 Å². The monoisotopic (exact) mass is 378 g/mol. The molecule has 3 aromatic rings. The predicted octanol–water partition coefficient (Wildman–Crippen LogP) is 6.78. The average molecular weight is 380 g/mol. The molecular weight excluding hydrogens is 367 g/mol. The van der Waals surface area contributed by atoms with Crippen molar-refractivity contribution in [2.45, 2.75) is 11.8 Å². The van der Waals surface area contributed by atoms with Gasteiger partial charge in [0.1, 0.15) is 0 Å². The number of alkyl halides is 1. The second-order valence-corrected chi connectivity index (χ2v) is 6.87. The molecule has 106 valence electrons. The van der Waals surface area contributed by atoms with Crippen molar-refractivity contribution >= 4 is 49.9 Å². The average Bonchev–Trinajstić information content (AvgIpc) is 2.47. The highest BCUT2D eigenvalue weighted by atomic mass is 79.9. The molecule has 0 radical (unpaired) electrons. The maximum absolute atomic E-state index is 6.55. The van der Waals surface area contributed by atoms with Gasteiger partial charge in [0.15, 0.2) is 0 Å². The Morgan fingerprint density at radius 3 is 2.43 bits per heavy atom. The largest absolute Gasteiger partial charge is 0.117 e. The van der Waals surface area contributed by atoms with E-state index in [9.17, 15) is 0 Å². The summed E-state index contributed by atoms with van der Waals surface area (Å²) in [6.07, 6.45) is 0.758. The van der Waals surface area contributed by atoms with Gasteiger partial charge in [0.2, 0.25) is 0 Å². The molecule has 0 saturated heterocycles. The van der Waals surface area contributed by atoms with Gasteiger partial charge in [-0.3, -0.25) is 0 Å². The molecule has 0 spiro atoms. The van der Waals surface area contributed by atoms with Crippen molar-refractivity contribution in [1.82, 2.24) is 0 Å². The zero-order valence-corrected chi connectivity index (χ0v) is 14.3. The number of fused-ring (bicyclic) bond motifs is 1. The van der Waals surface area contributed by atoms with Gasteiger partial charge in [0, 0.05) is 9.50 Å². The molecule has 3 heteroatoms. The second kappa shape index (κ2) is 6.39. The minimum absolute atomic E-state index is 0.133. The summed E-state index contributed by atoms with van der Waals surface area (Å²) in [6.45, 7) is 0. The Kier molecular flexibility index (Phi) is 4.54. The van der Waals surface area contributed by atoms with Gasteiger partial charge >= 0.3 is 0 Å². The van der Waals surface area contributed by atoms with Gasteiger partial charge < -0.3 is 0 Å². The molecular formula is C18H13BrCl2. The number of halogens is 3. The first-order valence-corrected chi connectivity index (χ1v) is 8.31. The van der Waals surface area contributed by atoms with Crippen LogP contribution in [0.4, 0.5) is 0 Å². The standard InChI is InChI=1S/C18H13BrCl2/c19-15-7-8-16(18(21)11-15)17(20)10-12-5-6-13-3-1-2-4-14(13)9-12/h1-9,11,17H,10H2. The maximum Gasteiger partial charge on any atom is 0.0640 e. The van der Waals surface area contributed by atoms with Crippen LogP contribution in [-0.2, 0) is 6.42 Å². The van der Waals surface area contributed by atoms with E-state index in [0.717, 1.165) is 16.5 Å². The highest BCUT2D eigenvalue weighted by Crippen LogP contribution is 2.33. The van der Waals surface area contributed by atoms with Gasteiger partial charge in [-0.25, -0.2) is 0 Å². The highest BCUT2D eigenvalue weighted by Gasteiger charge is 2.13. The summed E-state index contributed by atoms with van der Waals surface area (Å²) in [5.41, 5.74) is 2.18. The summed E-state index contributed by atoms with van der Waals surface area (Å²) in [5.74, 6) is 0. The Hall–Kier alpha value is -1.02. The lowest BCUT2D eigenvalue weighted by Gasteiger charge is -2.13. The molecule has 3 aromatic carbocycles. The molecule has 3 rings (SSSR count). The summed E-state index contributed by atoms with van der Waals surface area (Å²) in [6, 6.07) is 20.6. The Labute approximate surface area is 142 Å². The molecule has 0 saturated carbocycles. The lowest BCUT2D eigenvalue weighted by atomic mass is 10.0. The molecule has 0 aliphatic carbocycles. The Morgan fingerprint density at radius 2 is 1.67 bits per heavy atom. The van der Waals surface area contributed by atoms with Crippen LogP contribution in [0.5, 0.6) is 0 Å². The molecule has 0 bridgehead atoms. The van der Waals surface area contributed by atoms with E-state index in [4.69, 9.17) is 23.2 Å². The van der Waals surface area contributed by atoms with Gasteiger partial charge in [-0.15, -0.1) is 11.6 Å². The van der Waals surface area contributed by atoms with E-state index in [-0.39, 0.29) is 5.38 Å². The predicted molar refractivity (Wildman–Crippen MR) is 95.4 cm³/mol. The van der Waals surface area contributed by atoms with Crippen LogP contribution in [0.3, 0.4) is 0 Å². The topological polar surface area (TPSA) is 0 Å². The van der Waals surface area contributed by atoms with Crippen molar-refractivity contribution in [3.63, 3.8) is 0 Å². The van der Waals surface area contributed by atoms with Crippen LogP contribution >= 0.6 is 39.1 Å². The van der Waals surface area contributed by atoms with Crippen molar-refractivity contribution < 1.29 is 0 Å². The second-order valence-electron chi connectivity index (χ2n) is 5.02. The van der Waals surface area contributed by atoms with Crippen LogP contribution in [0.15, 0.2) is 65.1 Å². The fourth-order valence-corrected chi connectivity index (χ4v) is 3.67. The molecule has 0 heterocycles. The number of hydrogen-bond donors (Lipinski definition) is 0.